The lowest BCUT2D eigenvalue weighted by Crippen LogP contribution is -2.41. The Bertz CT molecular complexity index is 680. The highest BCUT2D eigenvalue weighted by Gasteiger charge is 2.26. The number of nitrogens with one attached hydrogen (secondary N) is 1. The summed E-state index contributed by atoms with van der Waals surface area (Å²) < 4.78 is 6.08. The summed E-state index contributed by atoms with van der Waals surface area (Å²) in [4.78, 5) is 30.3. The summed E-state index contributed by atoms with van der Waals surface area (Å²) in [7, 11) is 0. The molecule has 1 N–H and O–H groups in total. The van der Waals surface area contributed by atoms with Gasteiger partial charge in [0, 0.05) is 18.3 Å². The smallest absolute Gasteiger partial charge is 0.410 e. The Balaban J connectivity index is 2.02. The molecule has 0 fully saturated rings. The zero-order valence-corrected chi connectivity index (χ0v) is 15.9. The van der Waals surface area contributed by atoms with E-state index >= 15 is 0 Å². The lowest BCUT2D eigenvalue weighted by atomic mass is 10.1. The Labute approximate surface area is 150 Å². The number of rotatable bonds is 2. The molecule has 2 heterocycles. The molecular formula is C17H22BrN3O3. The van der Waals surface area contributed by atoms with E-state index in [0.717, 1.165) is 10.0 Å². The van der Waals surface area contributed by atoms with Crippen molar-refractivity contribution in [1.29, 1.82) is 0 Å². The third-order valence-corrected chi connectivity index (χ3v) is 3.91. The van der Waals surface area contributed by atoms with Crippen LogP contribution in [0, 0.1) is 6.92 Å². The molecular weight excluding hydrogens is 374 g/mol. The zero-order chi connectivity index (χ0) is 17.9. The Morgan fingerprint density at radius 3 is 2.71 bits per heavy atom. The summed E-state index contributed by atoms with van der Waals surface area (Å²) in [5.41, 5.74) is 0.964. The lowest BCUT2D eigenvalue weighted by Gasteiger charge is -2.29. The van der Waals surface area contributed by atoms with E-state index in [1.54, 1.807) is 6.20 Å². The van der Waals surface area contributed by atoms with Gasteiger partial charge < -0.3 is 15.0 Å². The molecule has 1 aromatic rings. The van der Waals surface area contributed by atoms with Crippen LogP contribution in [0.1, 0.15) is 32.8 Å². The van der Waals surface area contributed by atoms with Gasteiger partial charge in [-0.2, -0.15) is 0 Å². The number of pyridine rings is 1. The van der Waals surface area contributed by atoms with Gasteiger partial charge in [-0.1, -0.05) is 6.08 Å². The minimum Gasteiger partial charge on any atom is -0.444 e. The number of aromatic nitrogens is 1. The van der Waals surface area contributed by atoms with Gasteiger partial charge in [0.1, 0.15) is 11.4 Å². The van der Waals surface area contributed by atoms with Crippen LogP contribution < -0.4 is 5.32 Å². The van der Waals surface area contributed by atoms with Crippen molar-refractivity contribution in [2.24, 2.45) is 0 Å². The number of anilines is 1. The fourth-order valence-corrected chi connectivity index (χ4v) is 2.77. The Morgan fingerprint density at radius 2 is 2.08 bits per heavy atom. The van der Waals surface area contributed by atoms with Crippen LogP contribution in [0.25, 0.3) is 0 Å². The fourth-order valence-electron chi connectivity index (χ4n) is 2.20. The first-order valence-corrected chi connectivity index (χ1v) is 8.55. The van der Waals surface area contributed by atoms with Gasteiger partial charge in [-0.3, -0.25) is 4.79 Å². The first-order valence-electron chi connectivity index (χ1n) is 7.76. The quantitative estimate of drug-likeness (QED) is 0.828. The number of amides is 2. The fraction of sp³-hybridized carbons (Fsp3) is 0.471. The summed E-state index contributed by atoms with van der Waals surface area (Å²) in [6.45, 7) is 8.14. The molecule has 2 amide bonds. The maximum Gasteiger partial charge on any atom is 0.410 e. The van der Waals surface area contributed by atoms with Gasteiger partial charge in [-0.25, -0.2) is 9.78 Å². The van der Waals surface area contributed by atoms with Crippen molar-refractivity contribution >= 4 is 33.7 Å². The summed E-state index contributed by atoms with van der Waals surface area (Å²) in [6, 6.07) is 1.88. The van der Waals surface area contributed by atoms with Crippen molar-refractivity contribution in [3.63, 3.8) is 0 Å². The summed E-state index contributed by atoms with van der Waals surface area (Å²) in [5, 5.41) is 2.77. The molecule has 0 aromatic carbocycles. The number of carbonyl (C=O) groups is 2. The molecule has 7 heteroatoms. The van der Waals surface area contributed by atoms with Crippen LogP contribution >= 0.6 is 15.9 Å². The van der Waals surface area contributed by atoms with Crippen LogP contribution in [0.3, 0.4) is 0 Å². The average molecular weight is 396 g/mol. The van der Waals surface area contributed by atoms with E-state index in [0.29, 0.717) is 24.4 Å². The highest BCUT2D eigenvalue weighted by Crippen LogP contribution is 2.22. The molecule has 0 spiro atoms. The number of ether oxygens (including phenoxy) is 1. The summed E-state index contributed by atoms with van der Waals surface area (Å²) in [5.74, 6) is 0.196. The molecule has 0 bridgehead atoms. The zero-order valence-electron chi connectivity index (χ0n) is 14.4. The van der Waals surface area contributed by atoms with Crippen molar-refractivity contribution < 1.29 is 14.3 Å². The van der Waals surface area contributed by atoms with Crippen molar-refractivity contribution in [2.75, 3.05) is 18.4 Å². The van der Waals surface area contributed by atoms with Crippen LogP contribution in [0.2, 0.25) is 0 Å². The summed E-state index contributed by atoms with van der Waals surface area (Å²) in [6.07, 6.45) is 3.74. The molecule has 0 atom stereocenters. The minimum atomic E-state index is -0.558. The van der Waals surface area contributed by atoms with Gasteiger partial charge in [-0.05, 0) is 61.7 Å². The Hall–Kier alpha value is -1.89. The normalized spacial score (nSPS) is 14.9. The molecule has 1 aliphatic rings. The Morgan fingerprint density at radius 1 is 1.38 bits per heavy atom. The second-order valence-electron chi connectivity index (χ2n) is 6.72. The molecule has 2 rings (SSSR count). The predicted octanol–water partition coefficient (Wildman–Crippen LogP) is 3.66. The number of hydrogen-bond acceptors (Lipinski definition) is 4. The van der Waals surface area contributed by atoms with E-state index < -0.39 is 11.7 Å². The van der Waals surface area contributed by atoms with Gasteiger partial charge >= 0.3 is 6.09 Å². The van der Waals surface area contributed by atoms with Crippen molar-refractivity contribution in [3.8, 4) is 0 Å². The number of hydrogen-bond donors (Lipinski definition) is 1. The monoisotopic (exact) mass is 395 g/mol. The van der Waals surface area contributed by atoms with Crippen LogP contribution in [0.5, 0.6) is 0 Å². The van der Waals surface area contributed by atoms with E-state index in [1.165, 1.54) is 4.90 Å². The van der Waals surface area contributed by atoms with Crippen molar-refractivity contribution in [2.45, 2.75) is 39.7 Å². The number of carbonyl (C=O) groups excluding carboxylic acids is 2. The molecule has 1 aromatic heterocycles. The highest BCUT2D eigenvalue weighted by molar-refractivity contribution is 9.10. The standard InChI is InChI=1S/C17H22BrN3O3/c1-11-8-13(18)14(19-9-11)20-15(22)12-6-5-7-21(10-12)16(23)24-17(2,3)4/h6,8-9H,5,7,10H2,1-4H3,(H,19,20,22). The number of halogens is 1. The third kappa shape index (κ3) is 5.06. The maximum absolute atomic E-state index is 12.4. The second-order valence-corrected chi connectivity index (χ2v) is 7.57. The van der Waals surface area contributed by atoms with E-state index in [2.05, 4.69) is 26.2 Å². The minimum absolute atomic E-state index is 0.226. The van der Waals surface area contributed by atoms with Gasteiger partial charge in [-0.15, -0.1) is 0 Å². The molecule has 6 nitrogen and oxygen atoms in total. The average Bonchev–Trinajstić information content (AvgIpc) is 2.48. The predicted molar refractivity (Wildman–Crippen MR) is 95.8 cm³/mol. The topological polar surface area (TPSA) is 71.5 Å². The van der Waals surface area contributed by atoms with Gasteiger partial charge in [0.25, 0.3) is 5.91 Å². The summed E-state index contributed by atoms with van der Waals surface area (Å²) >= 11 is 3.39. The van der Waals surface area contributed by atoms with Crippen molar-refractivity contribution in [3.05, 3.63) is 33.9 Å². The molecule has 24 heavy (non-hydrogen) atoms. The largest absolute Gasteiger partial charge is 0.444 e. The van der Waals surface area contributed by atoms with Gasteiger partial charge in [0.05, 0.1) is 11.0 Å². The molecule has 0 radical (unpaired) electrons. The lowest BCUT2D eigenvalue weighted by molar-refractivity contribution is -0.113. The molecule has 0 unspecified atom stereocenters. The first kappa shape index (κ1) is 18.4. The number of aryl methyl sites for hydroxylation is 1. The molecule has 0 saturated carbocycles. The van der Waals surface area contributed by atoms with Gasteiger partial charge in [0.2, 0.25) is 0 Å². The Kier molecular flexibility index (Phi) is 5.64. The highest BCUT2D eigenvalue weighted by atomic mass is 79.9. The third-order valence-electron chi connectivity index (χ3n) is 3.30. The molecule has 0 aliphatic carbocycles. The van der Waals surface area contributed by atoms with Crippen LogP contribution in [0.15, 0.2) is 28.4 Å². The second kappa shape index (κ2) is 7.34. The first-order chi connectivity index (χ1) is 11.2. The molecule has 130 valence electrons. The van der Waals surface area contributed by atoms with E-state index in [9.17, 15) is 9.59 Å². The van der Waals surface area contributed by atoms with E-state index in [1.807, 2.05) is 39.8 Å². The molecule has 0 saturated heterocycles. The van der Waals surface area contributed by atoms with Crippen LogP contribution in [-0.4, -0.2) is 40.6 Å². The van der Waals surface area contributed by atoms with E-state index in [-0.39, 0.29) is 12.5 Å². The molecule has 1 aliphatic heterocycles. The SMILES string of the molecule is Cc1cnc(NC(=O)C2=CCCN(C(=O)OC(C)(C)C)C2)c(Br)c1. The van der Waals surface area contributed by atoms with Crippen LogP contribution in [0.4, 0.5) is 10.6 Å². The van der Waals surface area contributed by atoms with E-state index in [4.69, 9.17) is 4.74 Å². The number of nitrogens with zero attached hydrogens (tertiary/aromatic N) is 2. The maximum atomic E-state index is 12.4. The van der Waals surface area contributed by atoms with Crippen molar-refractivity contribution in [1.82, 2.24) is 9.88 Å². The van der Waals surface area contributed by atoms with Crippen LogP contribution in [-0.2, 0) is 9.53 Å². The van der Waals surface area contributed by atoms with Gasteiger partial charge in [0.15, 0.2) is 0 Å².